The van der Waals surface area contributed by atoms with Crippen LogP contribution < -0.4 is 10.9 Å². The minimum atomic E-state index is -4.49. The van der Waals surface area contributed by atoms with E-state index in [1.54, 1.807) is 31.2 Å². The lowest BCUT2D eigenvalue weighted by atomic mass is 10.2. The molecule has 0 saturated carbocycles. The van der Waals surface area contributed by atoms with E-state index in [0.29, 0.717) is 16.5 Å². The third kappa shape index (κ3) is 5.26. The molecule has 3 aromatic rings. The molecule has 0 saturated heterocycles. The van der Waals surface area contributed by atoms with Gasteiger partial charge in [-0.2, -0.15) is 13.2 Å². The van der Waals surface area contributed by atoms with E-state index < -0.39 is 17.6 Å². The van der Waals surface area contributed by atoms with Crippen molar-refractivity contribution in [3.63, 3.8) is 0 Å². The van der Waals surface area contributed by atoms with Crippen molar-refractivity contribution in [2.75, 3.05) is 11.1 Å². The maximum atomic E-state index is 12.8. The topological polar surface area (TPSA) is 64.0 Å². The van der Waals surface area contributed by atoms with E-state index in [-0.39, 0.29) is 17.0 Å². The van der Waals surface area contributed by atoms with Gasteiger partial charge in [-0.15, -0.1) is 0 Å². The molecule has 1 N–H and O–H groups in total. The molecule has 0 aliphatic heterocycles. The number of rotatable bonds is 5. The molecule has 150 valence electrons. The Labute approximate surface area is 168 Å². The van der Waals surface area contributed by atoms with Crippen LogP contribution in [0, 0.1) is 6.92 Å². The number of hydrogen-bond acceptors (Lipinski definition) is 4. The van der Waals surface area contributed by atoms with Crippen LogP contribution in [0.2, 0.25) is 0 Å². The summed E-state index contributed by atoms with van der Waals surface area (Å²) in [5, 5.41) is 2.76. The summed E-state index contributed by atoms with van der Waals surface area (Å²) in [7, 11) is 0. The molecule has 0 radical (unpaired) electrons. The highest BCUT2D eigenvalue weighted by Crippen LogP contribution is 2.30. The van der Waals surface area contributed by atoms with Gasteiger partial charge in [-0.25, -0.2) is 4.98 Å². The molecule has 1 heterocycles. The summed E-state index contributed by atoms with van der Waals surface area (Å²) >= 11 is 1.02. The van der Waals surface area contributed by atoms with E-state index in [1.807, 2.05) is 6.07 Å². The van der Waals surface area contributed by atoms with Gasteiger partial charge < -0.3 is 5.32 Å². The molecule has 0 unspecified atom stereocenters. The molecule has 1 aromatic heterocycles. The average Bonchev–Trinajstić information content (AvgIpc) is 2.66. The first-order valence-corrected chi connectivity index (χ1v) is 9.48. The molecule has 1 amide bonds. The van der Waals surface area contributed by atoms with E-state index in [4.69, 9.17) is 0 Å². The SMILES string of the molecule is Cc1cc(=O)n(-c2ccccc2)c(SCC(=O)Nc2cccc(C(F)(F)F)c2)n1. The number of nitrogens with one attached hydrogen (secondary N) is 1. The zero-order valence-electron chi connectivity index (χ0n) is 15.2. The molecular weight excluding hydrogens is 403 g/mol. The average molecular weight is 419 g/mol. The second-order valence-corrected chi connectivity index (χ2v) is 7.05. The number of aryl methyl sites for hydroxylation is 1. The number of halogens is 3. The largest absolute Gasteiger partial charge is 0.416 e. The van der Waals surface area contributed by atoms with Crippen LogP contribution in [-0.4, -0.2) is 21.2 Å². The van der Waals surface area contributed by atoms with Crippen molar-refractivity contribution in [1.82, 2.24) is 9.55 Å². The lowest BCUT2D eigenvalue weighted by molar-refractivity contribution is -0.137. The predicted octanol–water partition coefficient (Wildman–Crippen LogP) is 4.29. The summed E-state index contributed by atoms with van der Waals surface area (Å²) in [6, 6.07) is 14.6. The third-order valence-corrected chi connectivity index (χ3v) is 4.78. The van der Waals surface area contributed by atoms with Gasteiger partial charge in [0.25, 0.3) is 5.56 Å². The van der Waals surface area contributed by atoms with Crippen LogP contribution in [0.4, 0.5) is 18.9 Å². The highest BCUT2D eigenvalue weighted by atomic mass is 32.2. The van der Waals surface area contributed by atoms with Gasteiger partial charge in [0, 0.05) is 17.4 Å². The molecule has 0 atom stereocenters. The normalized spacial score (nSPS) is 11.3. The number of para-hydroxylation sites is 1. The first-order valence-electron chi connectivity index (χ1n) is 8.50. The van der Waals surface area contributed by atoms with Crippen molar-refractivity contribution >= 4 is 23.4 Å². The van der Waals surface area contributed by atoms with Crippen molar-refractivity contribution in [1.29, 1.82) is 0 Å². The molecule has 0 spiro atoms. The Morgan fingerprint density at radius 2 is 1.83 bits per heavy atom. The maximum Gasteiger partial charge on any atom is 0.416 e. The molecular formula is C20H16F3N3O2S. The summed E-state index contributed by atoms with van der Waals surface area (Å²) in [5.74, 6) is -0.636. The minimum Gasteiger partial charge on any atom is -0.325 e. The van der Waals surface area contributed by atoms with Crippen LogP contribution in [0.1, 0.15) is 11.3 Å². The van der Waals surface area contributed by atoms with Gasteiger partial charge in [0.05, 0.1) is 17.0 Å². The molecule has 5 nitrogen and oxygen atoms in total. The van der Waals surface area contributed by atoms with Crippen LogP contribution in [0.25, 0.3) is 5.69 Å². The monoisotopic (exact) mass is 419 g/mol. The summed E-state index contributed by atoms with van der Waals surface area (Å²) in [4.78, 5) is 29.0. The second-order valence-electron chi connectivity index (χ2n) is 6.10. The van der Waals surface area contributed by atoms with Gasteiger partial charge in [-0.1, -0.05) is 36.0 Å². The maximum absolute atomic E-state index is 12.8. The Kier molecular flexibility index (Phi) is 6.07. The van der Waals surface area contributed by atoms with E-state index in [2.05, 4.69) is 10.3 Å². The number of carbonyl (C=O) groups excluding carboxylic acids is 1. The first-order chi connectivity index (χ1) is 13.7. The first kappa shape index (κ1) is 20.7. The van der Waals surface area contributed by atoms with Gasteiger partial charge >= 0.3 is 6.18 Å². The van der Waals surface area contributed by atoms with E-state index >= 15 is 0 Å². The summed E-state index contributed by atoms with van der Waals surface area (Å²) in [5.41, 5.74) is 0.0162. The molecule has 0 aliphatic carbocycles. The Balaban J connectivity index is 1.77. The zero-order chi connectivity index (χ0) is 21.0. The third-order valence-electron chi connectivity index (χ3n) is 3.84. The number of alkyl halides is 3. The molecule has 9 heteroatoms. The van der Waals surface area contributed by atoms with Crippen LogP contribution in [0.3, 0.4) is 0 Å². The fourth-order valence-electron chi connectivity index (χ4n) is 2.58. The van der Waals surface area contributed by atoms with Crippen molar-refractivity contribution in [3.8, 4) is 5.69 Å². The van der Waals surface area contributed by atoms with Crippen molar-refractivity contribution in [2.24, 2.45) is 0 Å². The quantitative estimate of drug-likeness (QED) is 0.495. The molecule has 0 fully saturated rings. The fourth-order valence-corrected chi connectivity index (χ4v) is 3.45. The number of amides is 1. The Bertz CT molecular complexity index is 1080. The van der Waals surface area contributed by atoms with Gasteiger partial charge in [0.2, 0.25) is 5.91 Å². The molecule has 0 bridgehead atoms. The van der Waals surface area contributed by atoms with E-state index in [9.17, 15) is 22.8 Å². The van der Waals surface area contributed by atoms with Crippen LogP contribution >= 0.6 is 11.8 Å². The number of aromatic nitrogens is 2. The van der Waals surface area contributed by atoms with E-state index in [0.717, 1.165) is 23.9 Å². The number of nitrogens with zero attached hydrogens (tertiary/aromatic N) is 2. The highest BCUT2D eigenvalue weighted by molar-refractivity contribution is 7.99. The molecule has 3 rings (SSSR count). The van der Waals surface area contributed by atoms with Gasteiger partial charge in [0.1, 0.15) is 0 Å². The number of hydrogen-bond donors (Lipinski definition) is 1. The standard InChI is InChI=1S/C20H16F3N3O2S/c1-13-10-18(28)26(16-8-3-2-4-9-16)19(24-13)29-12-17(27)25-15-7-5-6-14(11-15)20(21,22)23/h2-11H,12H2,1H3,(H,25,27). The number of carbonyl (C=O) groups is 1. The van der Waals surface area contributed by atoms with Crippen LogP contribution in [0.15, 0.2) is 70.6 Å². The van der Waals surface area contributed by atoms with Gasteiger partial charge in [0.15, 0.2) is 5.16 Å². The molecule has 29 heavy (non-hydrogen) atoms. The number of anilines is 1. The highest BCUT2D eigenvalue weighted by Gasteiger charge is 2.30. The van der Waals surface area contributed by atoms with Crippen molar-refractivity contribution in [3.05, 3.63) is 82.3 Å². The van der Waals surface area contributed by atoms with Crippen molar-refractivity contribution in [2.45, 2.75) is 18.3 Å². The Morgan fingerprint density at radius 3 is 2.52 bits per heavy atom. The summed E-state index contributed by atoms with van der Waals surface area (Å²) < 4.78 is 39.8. The summed E-state index contributed by atoms with van der Waals surface area (Å²) in [6.45, 7) is 1.67. The molecule has 2 aromatic carbocycles. The number of benzene rings is 2. The lowest BCUT2D eigenvalue weighted by Crippen LogP contribution is -2.22. The van der Waals surface area contributed by atoms with Crippen molar-refractivity contribution < 1.29 is 18.0 Å². The number of thioether (sulfide) groups is 1. The zero-order valence-corrected chi connectivity index (χ0v) is 16.1. The lowest BCUT2D eigenvalue weighted by Gasteiger charge is -2.12. The minimum absolute atomic E-state index is 0.0445. The second kappa shape index (κ2) is 8.52. The Morgan fingerprint density at radius 1 is 1.10 bits per heavy atom. The van der Waals surface area contributed by atoms with Gasteiger partial charge in [-0.3, -0.25) is 14.2 Å². The smallest absolute Gasteiger partial charge is 0.325 e. The summed E-state index contributed by atoms with van der Waals surface area (Å²) in [6.07, 6.45) is -4.49. The Hall–Kier alpha value is -3.07. The molecule has 0 aliphatic rings. The van der Waals surface area contributed by atoms with Gasteiger partial charge in [-0.05, 0) is 37.3 Å². The predicted molar refractivity (Wildman–Crippen MR) is 105 cm³/mol. The van der Waals surface area contributed by atoms with Crippen LogP contribution in [0.5, 0.6) is 0 Å². The van der Waals surface area contributed by atoms with Crippen LogP contribution in [-0.2, 0) is 11.0 Å². The fraction of sp³-hybridized carbons (Fsp3) is 0.150. The van der Waals surface area contributed by atoms with E-state index in [1.165, 1.54) is 22.8 Å².